The molecule has 0 N–H and O–H groups in total. The van der Waals surface area contributed by atoms with Crippen LogP contribution in [0.4, 0.5) is 8.78 Å². The highest BCUT2D eigenvalue weighted by molar-refractivity contribution is 5.85. The molecule has 0 aliphatic rings. The van der Waals surface area contributed by atoms with Gasteiger partial charge in [0.15, 0.2) is 0 Å². The van der Waals surface area contributed by atoms with Crippen molar-refractivity contribution < 1.29 is 13.5 Å². The van der Waals surface area contributed by atoms with Gasteiger partial charge in [-0.05, 0) is 71.1 Å². The number of aromatic nitrogens is 1. The summed E-state index contributed by atoms with van der Waals surface area (Å²) in [5.74, 6) is 0.925. The highest BCUT2D eigenvalue weighted by Gasteiger charge is 2.10. The van der Waals surface area contributed by atoms with Gasteiger partial charge < -0.3 is 14.2 Å². The number of rotatable bonds is 7. The largest absolute Gasteiger partial charge is 0.497 e. The molecule has 0 amide bonds. The molecule has 1 aromatic heterocycles. The van der Waals surface area contributed by atoms with Gasteiger partial charge in [0, 0.05) is 30.2 Å². The Kier molecular flexibility index (Phi) is 13.7. The molecule has 0 fully saturated rings. The number of benzene rings is 1. The molecule has 0 aliphatic heterocycles. The van der Waals surface area contributed by atoms with Crippen molar-refractivity contribution in [2.75, 3.05) is 27.7 Å². The van der Waals surface area contributed by atoms with Crippen molar-refractivity contribution in [3.8, 4) is 5.75 Å². The van der Waals surface area contributed by atoms with Crippen molar-refractivity contribution in [2.24, 2.45) is 0 Å². The van der Waals surface area contributed by atoms with Gasteiger partial charge in [-0.2, -0.15) is 0 Å². The van der Waals surface area contributed by atoms with Gasteiger partial charge in [0.25, 0.3) is 0 Å². The van der Waals surface area contributed by atoms with Crippen LogP contribution < -0.4 is 4.74 Å². The number of hydrogen-bond donors (Lipinski definition) is 0. The second-order valence-electron chi connectivity index (χ2n) is 6.85. The molecule has 0 spiro atoms. The Balaban J connectivity index is 0.000000841. The quantitative estimate of drug-likeness (QED) is 0.482. The fourth-order valence-electron chi connectivity index (χ4n) is 2.61. The van der Waals surface area contributed by atoms with Gasteiger partial charge in [0.1, 0.15) is 11.9 Å². The Hall–Kier alpha value is -2.14. The average Bonchev–Trinajstić information content (AvgIpc) is 3.04. The van der Waals surface area contributed by atoms with E-state index in [1.54, 1.807) is 7.11 Å². The summed E-state index contributed by atoms with van der Waals surface area (Å²) in [7, 11) is 5.95. The molecule has 0 bridgehead atoms. The van der Waals surface area contributed by atoms with E-state index < -0.39 is 6.17 Å². The predicted octanol–water partition coefficient (Wildman–Crippen LogP) is 6.57. The van der Waals surface area contributed by atoms with Gasteiger partial charge in [0.05, 0.1) is 13.4 Å². The van der Waals surface area contributed by atoms with Gasteiger partial charge >= 0.3 is 0 Å². The third-order valence-corrected chi connectivity index (χ3v) is 4.25. The lowest BCUT2D eigenvalue weighted by Gasteiger charge is -2.08. The van der Waals surface area contributed by atoms with Crippen molar-refractivity contribution in [1.82, 2.24) is 9.47 Å². The minimum Gasteiger partial charge on any atom is -0.497 e. The summed E-state index contributed by atoms with van der Waals surface area (Å²) in [6.07, 6.45) is 5.40. The van der Waals surface area contributed by atoms with E-state index in [1.807, 2.05) is 19.9 Å². The van der Waals surface area contributed by atoms with Crippen LogP contribution in [0.3, 0.4) is 0 Å². The summed E-state index contributed by atoms with van der Waals surface area (Å²) in [4.78, 5) is 2.22. The fraction of sp³-hybridized carbons (Fsp3) is 0.500. The smallest absolute Gasteiger partial charge is 0.119 e. The molecule has 2 aromatic rings. The normalized spacial score (nSPS) is 12.4. The number of alkyl halides is 1. The zero-order chi connectivity index (χ0) is 22.4. The lowest BCUT2D eigenvalue weighted by Crippen LogP contribution is -2.14. The van der Waals surface area contributed by atoms with E-state index in [2.05, 4.69) is 61.8 Å². The molecule has 0 saturated heterocycles. The van der Waals surface area contributed by atoms with Crippen LogP contribution in [0, 0.1) is 0 Å². The lowest BCUT2D eigenvalue weighted by molar-refractivity contribution is 0.413. The first-order valence-corrected chi connectivity index (χ1v) is 10.2. The number of halogens is 2. The standard InChI is InChI=1S/C18H26N2O.C4H6F2.C2H6/c1-6-14(2)12-20-13-15(9-10-19(3)4)17-11-16(21-5)7-8-18(17)20;1-4(6)2-3-5;1-2/h6-8,11,13H,9-10,12H2,1-5H3;2-4H,1H3;1-2H3/b14-6+;3-2+;. The Morgan fingerprint density at radius 3 is 2.38 bits per heavy atom. The maximum Gasteiger partial charge on any atom is 0.119 e. The maximum absolute atomic E-state index is 11.4. The molecule has 0 radical (unpaired) electrons. The average molecular weight is 409 g/mol. The molecule has 0 aliphatic carbocycles. The monoisotopic (exact) mass is 408 g/mol. The van der Waals surface area contributed by atoms with Crippen molar-refractivity contribution >= 4 is 10.9 Å². The van der Waals surface area contributed by atoms with Crippen molar-refractivity contribution in [1.29, 1.82) is 0 Å². The molecule has 1 unspecified atom stereocenters. The first-order valence-electron chi connectivity index (χ1n) is 10.2. The number of fused-ring (bicyclic) bond motifs is 1. The Bertz CT molecular complexity index is 762. The lowest BCUT2D eigenvalue weighted by atomic mass is 10.1. The summed E-state index contributed by atoms with van der Waals surface area (Å²) < 4.78 is 29.9. The number of allylic oxidation sites excluding steroid dienone is 3. The summed E-state index contributed by atoms with van der Waals surface area (Å²) in [5, 5.41) is 1.31. The highest BCUT2D eigenvalue weighted by Crippen LogP contribution is 2.27. The zero-order valence-electron chi connectivity index (χ0n) is 19.3. The molecule has 1 heterocycles. The number of ether oxygens (including phenoxy) is 1. The summed E-state index contributed by atoms with van der Waals surface area (Å²) >= 11 is 0. The predicted molar refractivity (Wildman–Crippen MR) is 122 cm³/mol. The molecule has 3 nitrogen and oxygen atoms in total. The first-order chi connectivity index (χ1) is 13.8. The van der Waals surface area contributed by atoms with Gasteiger partial charge in [-0.25, -0.2) is 8.78 Å². The number of hydrogen-bond acceptors (Lipinski definition) is 2. The van der Waals surface area contributed by atoms with Crippen LogP contribution in [0.25, 0.3) is 10.9 Å². The van der Waals surface area contributed by atoms with Gasteiger partial charge in [-0.3, -0.25) is 0 Å². The van der Waals surface area contributed by atoms with Crippen molar-refractivity contribution in [3.05, 3.63) is 54.0 Å². The maximum atomic E-state index is 11.4. The van der Waals surface area contributed by atoms with E-state index in [0.717, 1.165) is 31.3 Å². The Morgan fingerprint density at radius 1 is 1.28 bits per heavy atom. The van der Waals surface area contributed by atoms with Crippen LogP contribution in [0.5, 0.6) is 5.75 Å². The fourth-order valence-corrected chi connectivity index (χ4v) is 2.61. The number of likely N-dealkylation sites (N-methyl/N-ethyl adjacent to an activating group) is 1. The van der Waals surface area contributed by atoms with E-state index in [0.29, 0.717) is 0 Å². The number of methoxy groups -OCH3 is 1. The molecular weight excluding hydrogens is 370 g/mol. The Labute approximate surface area is 175 Å². The molecule has 0 saturated carbocycles. The van der Waals surface area contributed by atoms with E-state index in [9.17, 15) is 8.78 Å². The molecule has 1 aromatic carbocycles. The molecule has 2 rings (SSSR count). The third kappa shape index (κ3) is 9.75. The number of nitrogens with zero attached hydrogens (tertiary/aromatic N) is 2. The minimum absolute atomic E-state index is 0.199. The minimum atomic E-state index is -1.16. The van der Waals surface area contributed by atoms with E-state index >= 15 is 0 Å². The summed E-state index contributed by atoms with van der Waals surface area (Å²) in [6, 6.07) is 6.36. The van der Waals surface area contributed by atoms with Gasteiger partial charge in [-0.1, -0.05) is 25.5 Å². The highest BCUT2D eigenvalue weighted by atomic mass is 19.1. The SMILES string of the molecule is C/C=C(\C)Cn1cc(CCN(C)C)c2cc(OC)ccc21.CC.CC(F)/C=C/F. The Morgan fingerprint density at radius 2 is 1.93 bits per heavy atom. The van der Waals surface area contributed by atoms with Gasteiger partial charge in [0.2, 0.25) is 0 Å². The summed E-state index contributed by atoms with van der Waals surface area (Å²) in [6.45, 7) is 11.5. The third-order valence-electron chi connectivity index (χ3n) is 4.25. The molecule has 1 atom stereocenters. The zero-order valence-corrected chi connectivity index (χ0v) is 19.3. The molecular formula is C24H38F2N2O. The molecule has 164 valence electrons. The van der Waals surface area contributed by atoms with Crippen LogP contribution in [-0.4, -0.2) is 43.4 Å². The van der Waals surface area contributed by atoms with E-state index in [1.165, 1.54) is 29.0 Å². The van der Waals surface area contributed by atoms with Crippen LogP contribution in [0.1, 0.15) is 40.2 Å². The van der Waals surface area contributed by atoms with Crippen molar-refractivity contribution in [3.63, 3.8) is 0 Å². The van der Waals surface area contributed by atoms with Crippen LogP contribution in [0.15, 0.2) is 48.5 Å². The van der Waals surface area contributed by atoms with Crippen LogP contribution >= 0.6 is 0 Å². The summed E-state index contributed by atoms with van der Waals surface area (Å²) in [5.41, 5.74) is 4.05. The van der Waals surface area contributed by atoms with Crippen LogP contribution in [-0.2, 0) is 13.0 Å². The first kappa shape index (κ1) is 26.9. The van der Waals surface area contributed by atoms with E-state index in [4.69, 9.17) is 4.74 Å². The molecule has 5 heteroatoms. The van der Waals surface area contributed by atoms with Crippen LogP contribution in [0.2, 0.25) is 0 Å². The van der Waals surface area contributed by atoms with Gasteiger partial charge in [-0.15, -0.1) is 0 Å². The second kappa shape index (κ2) is 14.8. The second-order valence-corrected chi connectivity index (χ2v) is 6.85. The molecule has 29 heavy (non-hydrogen) atoms. The van der Waals surface area contributed by atoms with Crippen molar-refractivity contribution in [2.45, 2.75) is 53.8 Å². The van der Waals surface area contributed by atoms with E-state index in [-0.39, 0.29) is 6.33 Å². The topological polar surface area (TPSA) is 17.4 Å².